The Morgan fingerprint density at radius 2 is 1.97 bits per heavy atom. The molecule has 0 amide bonds. The highest BCUT2D eigenvalue weighted by Gasteiger charge is 2.31. The molecule has 2 aromatic carbocycles. The van der Waals surface area contributed by atoms with E-state index in [1.807, 2.05) is 38.2 Å². The molecular formula is C27H32N4OS. The van der Waals surface area contributed by atoms with E-state index in [-0.39, 0.29) is 6.10 Å². The van der Waals surface area contributed by atoms with Crippen LogP contribution in [-0.2, 0) is 6.42 Å². The number of hydrogen-bond donors (Lipinski definition) is 1. The summed E-state index contributed by atoms with van der Waals surface area (Å²) in [6.07, 6.45) is 7.04. The summed E-state index contributed by atoms with van der Waals surface area (Å²) in [4.78, 5) is 8.58. The van der Waals surface area contributed by atoms with E-state index in [0.29, 0.717) is 17.4 Å². The second-order valence-corrected chi connectivity index (χ2v) is 9.72. The van der Waals surface area contributed by atoms with Crippen LogP contribution in [0, 0.1) is 11.3 Å². The van der Waals surface area contributed by atoms with Crippen LogP contribution in [-0.4, -0.2) is 36.1 Å². The highest BCUT2D eigenvalue weighted by Crippen LogP contribution is 2.43. The number of nitrogens with two attached hydrogens (primary N) is 1. The molecule has 1 unspecified atom stereocenters. The Balaban J connectivity index is 0.00000126. The summed E-state index contributed by atoms with van der Waals surface area (Å²) < 4.78 is 5.76. The van der Waals surface area contributed by atoms with Crippen molar-refractivity contribution in [2.24, 2.45) is 5.73 Å². The molecule has 33 heavy (non-hydrogen) atoms. The van der Waals surface area contributed by atoms with Crippen LogP contribution in [0.2, 0.25) is 0 Å². The molecule has 0 spiro atoms. The first-order valence-electron chi connectivity index (χ1n) is 11.7. The summed E-state index contributed by atoms with van der Waals surface area (Å²) in [6, 6.07) is 15.4. The lowest BCUT2D eigenvalue weighted by Gasteiger charge is -2.24. The number of ether oxygens (including phenoxy) is 1. The van der Waals surface area contributed by atoms with Crippen LogP contribution in [0.1, 0.15) is 55.8 Å². The van der Waals surface area contributed by atoms with E-state index in [1.165, 1.54) is 61.0 Å². The summed E-state index contributed by atoms with van der Waals surface area (Å²) in [5.41, 5.74) is 10.3. The molecule has 1 saturated heterocycles. The fraction of sp³-hybridized carbons (Fsp3) is 0.407. The number of nitriles is 1. The lowest BCUT2D eigenvalue weighted by Crippen LogP contribution is -2.23. The molecule has 2 heterocycles. The van der Waals surface area contributed by atoms with Gasteiger partial charge in [-0.05, 0) is 94.6 Å². The Morgan fingerprint density at radius 3 is 2.70 bits per heavy atom. The van der Waals surface area contributed by atoms with Crippen LogP contribution in [0.3, 0.4) is 0 Å². The first-order valence-corrected chi connectivity index (χ1v) is 12.6. The first-order chi connectivity index (χ1) is 16.1. The van der Waals surface area contributed by atoms with Crippen molar-refractivity contribution in [3.63, 3.8) is 0 Å². The number of aromatic nitrogens is 1. The standard InChI is InChI=1S/C26H27N3OS.CH5N/c1-17(2)30-24-11-8-18(14-19(24)15-27)26-28-16-25(31-26)22-7-5-6-21-20(22)9-10-23(21)29-12-3-4-13-29;1-2/h5-8,11,14,16-17,23H,3-4,9-10,12-13H2,1-2H3;2H2,1H3. The number of fused-ring (bicyclic) bond motifs is 1. The fourth-order valence-electron chi connectivity index (χ4n) is 4.94. The van der Waals surface area contributed by atoms with Crippen molar-refractivity contribution in [2.75, 3.05) is 20.1 Å². The van der Waals surface area contributed by atoms with Gasteiger partial charge in [0.1, 0.15) is 16.8 Å². The topological polar surface area (TPSA) is 75.2 Å². The predicted octanol–water partition coefficient (Wildman–Crippen LogP) is 5.79. The zero-order valence-electron chi connectivity index (χ0n) is 19.7. The average molecular weight is 461 g/mol. The molecule has 2 N–H and O–H groups in total. The quantitative estimate of drug-likeness (QED) is 0.521. The first kappa shape index (κ1) is 23.4. The normalized spacial score (nSPS) is 17.4. The second kappa shape index (κ2) is 10.5. The fourth-order valence-corrected chi connectivity index (χ4v) is 5.90. The predicted molar refractivity (Wildman–Crippen MR) is 135 cm³/mol. The molecule has 0 saturated carbocycles. The highest BCUT2D eigenvalue weighted by atomic mass is 32.1. The highest BCUT2D eigenvalue weighted by molar-refractivity contribution is 7.18. The van der Waals surface area contributed by atoms with Gasteiger partial charge in [-0.15, -0.1) is 11.3 Å². The van der Waals surface area contributed by atoms with Crippen LogP contribution in [0.15, 0.2) is 42.6 Å². The summed E-state index contributed by atoms with van der Waals surface area (Å²) in [7, 11) is 1.50. The van der Waals surface area contributed by atoms with E-state index in [2.05, 4.69) is 34.9 Å². The maximum atomic E-state index is 9.56. The molecule has 5 rings (SSSR count). The third-order valence-corrected chi connectivity index (χ3v) is 7.38. The van der Waals surface area contributed by atoms with E-state index in [4.69, 9.17) is 9.72 Å². The molecule has 0 radical (unpaired) electrons. The van der Waals surface area contributed by atoms with Gasteiger partial charge in [0.15, 0.2) is 0 Å². The lowest BCUT2D eigenvalue weighted by atomic mass is 10.0. The van der Waals surface area contributed by atoms with Gasteiger partial charge in [0, 0.05) is 17.8 Å². The summed E-state index contributed by atoms with van der Waals surface area (Å²) in [5, 5.41) is 10.5. The molecule has 0 bridgehead atoms. The van der Waals surface area contributed by atoms with Crippen LogP contribution >= 0.6 is 11.3 Å². The molecule has 1 fully saturated rings. The number of rotatable bonds is 5. The molecule has 1 aromatic heterocycles. The van der Waals surface area contributed by atoms with Crippen molar-refractivity contribution in [3.8, 4) is 32.8 Å². The average Bonchev–Trinajstić information content (AvgIpc) is 3.60. The maximum Gasteiger partial charge on any atom is 0.137 e. The molecule has 2 aliphatic rings. The van der Waals surface area contributed by atoms with Gasteiger partial charge in [-0.2, -0.15) is 5.26 Å². The van der Waals surface area contributed by atoms with E-state index in [9.17, 15) is 5.26 Å². The van der Waals surface area contributed by atoms with Crippen molar-refractivity contribution in [1.82, 2.24) is 9.88 Å². The Kier molecular flexibility index (Phi) is 7.44. The van der Waals surface area contributed by atoms with Crippen LogP contribution < -0.4 is 10.5 Å². The summed E-state index contributed by atoms with van der Waals surface area (Å²) in [6.45, 7) is 6.40. The largest absolute Gasteiger partial charge is 0.490 e. The summed E-state index contributed by atoms with van der Waals surface area (Å²) >= 11 is 1.70. The number of thiazole rings is 1. The van der Waals surface area contributed by atoms with Gasteiger partial charge in [0.2, 0.25) is 0 Å². The van der Waals surface area contributed by atoms with Crippen molar-refractivity contribution in [3.05, 3.63) is 59.3 Å². The van der Waals surface area contributed by atoms with Crippen molar-refractivity contribution in [2.45, 2.75) is 51.7 Å². The maximum absolute atomic E-state index is 9.56. The second-order valence-electron chi connectivity index (χ2n) is 8.69. The SMILES string of the molecule is CC(C)Oc1ccc(-c2ncc(-c3cccc4c3CCC4N3CCCC3)s2)cc1C#N.CN. The van der Waals surface area contributed by atoms with Crippen LogP contribution in [0.4, 0.5) is 0 Å². The zero-order valence-corrected chi connectivity index (χ0v) is 20.5. The van der Waals surface area contributed by atoms with Crippen LogP contribution in [0.5, 0.6) is 5.75 Å². The minimum Gasteiger partial charge on any atom is -0.490 e. The minimum atomic E-state index is 0.0361. The van der Waals surface area contributed by atoms with Gasteiger partial charge in [-0.25, -0.2) is 4.98 Å². The molecule has 1 aliphatic heterocycles. The monoisotopic (exact) mass is 460 g/mol. The molecule has 1 atom stereocenters. The Bertz CT molecular complexity index is 1140. The van der Waals surface area contributed by atoms with Gasteiger partial charge in [-0.3, -0.25) is 4.90 Å². The molecule has 1 aliphatic carbocycles. The molecular weight excluding hydrogens is 428 g/mol. The van der Waals surface area contributed by atoms with Gasteiger partial charge >= 0.3 is 0 Å². The summed E-state index contributed by atoms with van der Waals surface area (Å²) in [5.74, 6) is 0.631. The number of benzene rings is 2. The third kappa shape index (κ3) is 4.81. The van der Waals surface area contributed by atoms with Gasteiger partial charge in [0.25, 0.3) is 0 Å². The Morgan fingerprint density at radius 1 is 1.18 bits per heavy atom. The van der Waals surface area contributed by atoms with Crippen LogP contribution in [0.25, 0.3) is 21.0 Å². The Hall–Kier alpha value is -2.72. The van der Waals surface area contributed by atoms with E-state index in [1.54, 1.807) is 11.3 Å². The van der Waals surface area contributed by atoms with Gasteiger partial charge in [-0.1, -0.05) is 18.2 Å². The van der Waals surface area contributed by atoms with E-state index >= 15 is 0 Å². The van der Waals surface area contributed by atoms with E-state index in [0.717, 1.165) is 17.0 Å². The Labute approximate surface area is 200 Å². The third-order valence-electron chi connectivity index (χ3n) is 6.30. The van der Waals surface area contributed by atoms with Gasteiger partial charge in [0.05, 0.1) is 16.5 Å². The smallest absolute Gasteiger partial charge is 0.137 e. The van der Waals surface area contributed by atoms with Crippen molar-refractivity contribution >= 4 is 11.3 Å². The number of hydrogen-bond acceptors (Lipinski definition) is 6. The minimum absolute atomic E-state index is 0.0361. The number of nitrogens with zero attached hydrogens (tertiary/aromatic N) is 3. The van der Waals surface area contributed by atoms with Crippen molar-refractivity contribution < 1.29 is 4.74 Å². The molecule has 5 nitrogen and oxygen atoms in total. The number of likely N-dealkylation sites (tertiary alicyclic amines) is 1. The zero-order chi connectivity index (χ0) is 23.4. The lowest BCUT2D eigenvalue weighted by molar-refractivity contribution is 0.242. The molecule has 172 valence electrons. The molecule has 3 aromatic rings. The van der Waals surface area contributed by atoms with E-state index < -0.39 is 0 Å². The van der Waals surface area contributed by atoms with Gasteiger partial charge < -0.3 is 10.5 Å². The van der Waals surface area contributed by atoms with Crippen molar-refractivity contribution in [1.29, 1.82) is 5.26 Å². The molecule has 6 heteroatoms.